The molecule has 0 saturated heterocycles. The maximum atomic E-state index is 13.7. The van der Waals surface area contributed by atoms with Gasteiger partial charge in [-0.2, -0.15) is 0 Å². The van der Waals surface area contributed by atoms with Crippen molar-refractivity contribution in [2.24, 2.45) is 0 Å². The van der Waals surface area contributed by atoms with E-state index in [1.165, 1.54) is 13.4 Å². The number of fused-ring (bicyclic) bond motifs is 1. The number of benzene rings is 2. The summed E-state index contributed by atoms with van der Waals surface area (Å²) in [6.45, 7) is 7.79. The fourth-order valence-corrected chi connectivity index (χ4v) is 3.99. The number of nitrogens with one attached hydrogen (secondary N) is 3. The molecule has 9 heteroatoms. The van der Waals surface area contributed by atoms with Crippen LogP contribution in [0.4, 0.5) is 11.6 Å². The van der Waals surface area contributed by atoms with Gasteiger partial charge in [0.25, 0.3) is 11.5 Å². The van der Waals surface area contributed by atoms with Crippen molar-refractivity contribution in [2.45, 2.75) is 33.7 Å². The second kappa shape index (κ2) is 11.3. The Morgan fingerprint density at radius 1 is 1.08 bits per heavy atom. The minimum Gasteiger partial charge on any atom is -0.383 e. The predicted octanol–water partition coefficient (Wildman–Crippen LogP) is 3.98. The van der Waals surface area contributed by atoms with E-state index in [1.807, 2.05) is 82.3 Å². The molecule has 0 saturated carbocycles. The van der Waals surface area contributed by atoms with Crippen LogP contribution in [0.25, 0.3) is 16.5 Å². The van der Waals surface area contributed by atoms with E-state index < -0.39 is 11.9 Å². The van der Waals surface area contributed by atoms with Gasteiger partial charge in [0, 0.05) is 18.4 Å². The van der Waals surface area contributed by atoms with Gasteiger partial charge >= 0.3 is 0 Å². The molecule has 0 unspecified atom stereocenters. The standard InChI is InChI=1S/C25H25N7O2.C2H6/c1-14-8-7-9-16-12-18(32(25(34)19(14)16)17-10-5-4-6-11-17)15(2)31-23-20(21(26)24(33)28-3)22(27)29-13-30-23;1-2/h4-13,15,26H,1-3H3,(H,28,33)(H3,27,29,30,31);1-2H3/t15-;/m0./s1. The summed E-state index contributed by atoms with van der Waals surface area (Å²) in [5, 5.41) is 15.4. The molecule has 0 bridgehead atoms. The molecule has 186 valence electrons. The lowest BCUT2D eigenvalue weighted by molar-refractivity contribution is -0.114. The number of nitrogens with two attached hydrogens (primary N) is 1. The van der Waals surface area contributed by atoms with E-state index in [2.05, 4.69) is 20.6 Å². The van der Waals surface area contributed by atoms with Gasteiger partial charge in [-0.15, -0.1) is 0 Å². The van der Waals surface area contributed by atoms with E-state index in [4.69, 9.17) is 11.1 Å². The van der Waals surface area contributed by atoms with Gasteiger partial charge in [0.1, 0.15) is 23.7 Å². The monoisotopic (exact) mass is 485 g/mol. The van der Waals surface area contributed by atoms with E-state index in [-0.39, 0.29) is 28.5 Å². The Bertz CT molecular complexity index is 1460. The van der Waals surface area contributed by atoms with E-state index in [9.17, 15) is 9.59 Å². The van der Waals surface area contributed by atoms with Crippen molar-refractivity contribution in [1.82, 2.24) is 19.9 Å². The summed E-state index contributed by atoms with van der Waals surface area (Å²) in [5.74, 6) is -0.377. The molecule has 2 aromatic heterocycles. The molecule has 0 fully saturated rings. The van der Waals surface area contributed by atoms with Crippen LogP contribution < -0.4 is 21.9 Å². The number of hydrogen-bond acceptors (Lipinski definition) is 7. The molecule has 4 aromatic rings. The number of carbonyl (C=O) groups is 1. The highest BCUT2D eigenvalue weighted by Crippen LogP contribution is 2.27. The van der Waals surface area contributed by atoms with Crippen LogP contribution in [-0.2, 0) is 4.79 Å². The van der Waals surface area contributed by atoms with Gasteiger partial charge in [-0.3, -0.25) is 19.6 Å². The molecule has 0 radical (unpaired) electrons. The summed E-state index contributed by atoms with van der Waals surface area (Å²) >= 11 is 0. The molecular formula is C27H31N7O2. The first kappa shape index (κ1) is 26.1. The van der Waals surface area contributed by atoms with Gasteiger partial charge in [0.15, 0.2) is 0 Å². The van der Waals surface area contributed by atoms with Crippen LogP contribution in [-0.4, -0.2) is 33.2 Å². The van der Waals surface area contributed by atoms with Crippen molar-refractivity contribution in [3.05, 3.63) is 88.1 Å². The van der Waals surface area contributed by atoms with Gasteiger partial charge in [0.2, 0.25) is 0 Å². The highest BCUT2D eigenvalue weighted by atomic mass is 16.1. The number of nitrogens with zero attached hydrogens (tertiary/aromatic N) is 3. The third kappa shape index (κ3) is 4.95. The highest BCUT2D eigenvalue weighted by Gasteiger charge is 2.23. The number of para-hydroxylation sites is 1. The molecular weight excluding hydrogens is 454 g/mol. The lowest BCUT2D eigenvalue weighted by atomic mass is 10.0. The average molecular weight is 486 g/mol. The van der Waals surface area contributed by atoms with Crippen LogP contribution in [0.1, 0.15) is 43.6 Å². The third-order valence-electron chi connectivity index (χ3n) is 5.68. The fraction of sp³-hybridized carbons (Fsp3) is 0.222. The first-order valence-electron chi connectivity index (χ1n) is 11.7. The van der Waals surface area contributed by atoms with E-state index >= 15 is 0 Å². The number of carbonyl (C=O) groups excluding carboxylic acids is 1. The van der Waals surface area contributed by atoms with Crippen LogP contribution in [0.15, 0.2) is 65.7 Å². The second-order valence-electron chi connectivity index (χ2n) is 7.89. The van der Waals surface area contributed by atoms with Crippen LogP contribution in [0.3, 0.4) is 0 Å². The fourth-order valence-electron chi connectivity index (χ4n) is 3.99. The Morgan fingerprint density at radius 3 is 2.44 bits per heavy atom. The largest absolute Gasteiger partial charge is 0.383 e. The zero-order chi connectivity index (χ0) is 26.4. The summed E-state index contributed by atoms with van der Waals surface area (Å²) < 4.78 is 1.67. The van der Waals surface area contributed by atoms with Gasteiger partial charge in [0.05, 0.1) is 17.0 Å². The van der Waals surface area contributed by atoms with Crippen molar-refractivity contribution in [3.63, 3.8) is 0 Å². The Hall–Kier alpha value is -4.53. The first-order valence-corrected chi connectivity index (χ1v) is 11.7. The molecule has 4 rings (SSSR count). The highest BCUT2D eigenvalue weighted by molar-refractivity contribution is 6.46. The Morgan fingerprint density at radius 2 is 1.78 bits per heavy atom. The summed E-state index contributed by atoms with van der Waals surface area (Å²) in [6, 6.07) is 16.6. The maximum absolute atomic E-state index is 13.7. The van der Waals surface area contributed by atoms with E-state index in [0.717, 1.165) is 16.6 Å². The first-order chi connectivity index (χ1) is 17.3. The molecule has 0 spiro atoms. The van der Waals surface area contributed by atoms with Crippen molar-refractivity contribution < 1.29 is 4.79 Å². The van der Waals surface area contributed by atoms with Crippen molar-refractivity contribution in [2.75, 3.05) is 18.1 Å². The summed E-state index contributed by atoms with van der Waals surface area (Å²) in [7, 11) is 1.43. The minimum absolute atomic E-state index is 0.00730. The minimum atomic E-state index is -0.612. The molecule has 5 N–H and O–H groups in total. The summed E-state index contributed by atoms with van der Waals surface area (Å²) in [4.78, 5) is 34.0. The Balaban J connectivity index is 0.00000176. The lowest BCUT2D eigenvalue weighted by Crippen LogP contribution is -2.30. The molecule has 36 heavy (non-hydrogen) atoms. The van der Waals surface area contributed by atoms with Crippen LogP contribution >= 0.6 is 0 Å². The predicted molar refractivity (Wildman–Crippen MR) is 145 cm³/mol. The third-order valence-corrected chi connectivity index (χ3v) is 5.68. The Labute approximate surface area is 209 Å². The average Bonchev–Trinajstić information content (AvgIpc) is 2.89. The molecule has 1 atom stereocenters. The Kier molecular flexibility index (Phi) is 8.16. The second-order valence-corrected chi connectivity index (χ2v) is 7.89. The zero-order valence-corrected chi connectivity index (χ0v) is 21.1. The maximum Gasteiger partial charge on any atom is 0.269 e. The van der Waals surface area contributed by atoms with Gasteiger partial charge in [-0.05, 0) is 43.0 Å². The van der Waals surface area contributed by atoms with Gasteiger partial charge in [-0.1, -0.05) is 50.2 Å². The van der Waals surface area contributed by atoms with Crippen LogP contribution in [0, 0.1) is 12.3 Å². The number of anilines is 2. The molecule has 0 aliphatic heterocycles. The number of hydrogen-bond donors (Lipinski definition) is 4. The number of likely N-dealkylation sites (N-methyl/N-ethyl adjacent to an activating group) is 1. The van der Waals surface area contributed by atoms with Crippen molar-refractivity contribution in [1.29, 1.82) is 5.41 Å². The number of pyridine rings is 1. The molecule has 1 amide bonds. The smallest absolute Gasteiger partial charge is 0.269 e. The van der Waals surface area contributed by atoms with Crippen molar-refractivity contribution >= 4 is 34.0 Å². The summed E-state index contributed by atoms with van der Waals surface area (Å²) in [6.07, 6.45) is 1.26. The molecule has 0 aliphatic rings. The van der Waals surface area contributed by atoms with Gasteiger partial charge in [-0.25, -0.2) is 9.97 Å². The molecule has 2 heterocycles. The number of amides is 1. The number of aromatic nitrogens is 3. The topological polar surface area (TPSA) is 139 Å². The quantitative estimate of drug-likeness (QED) is 0.305. The lowest BCUT2D eigenvalue weighted by Gasteiger charge is -2.23. The van der Waals surface area contributed by atoms with E-state index in [0.29, 0.717) is 11.1 Å². The molecule has 0 aliphatic carbocycles. The SMILES string of the molecule is CC.CNC(=O)C(=N)c1c(N)ncnc1N[C@@H](C)c1cc2cccc(C)c2c(=O)n1-c1ccccc1. The number of rotatable bonds is 6. The zero-order valence-electron chi connectivity index (χ0n) is 21.1. The van der Waals surface area contributed by atoms with E-state index in [1.54, 1.807) is 4.57 Å². The molecule has 9 nitrogen and oxygen atoms in total. The van der Waals surface area contributed by atoms with Crippen LogP contribution in [0.5, 0.6) is 0 Å². The van der Waals surface area contributed by atoms with Gasteiger partial charge < -0.3 is 16.4 Å². The molecule has 2 aromatic carbocycles. The summed E-state index contributed by atoms with van der Waals surface area (Å²) in [5.41, 5.74) is 7.91. The normalized spacial score (nSPS) is 11.2. The number of nitrogen functional groups attached to an aromatic ring is 1. The van der Waals surface area contributed by atoms with Crippen molar-refractivity contribution in [3.8, 4) is 5.69 Å². The van der Waals surface area contributed by atoms with Crippen LogP contribution in [0.2, 0.25) is 0 Å². The number of aryl methyl sites for hydroxylation is 1.